The number of para-hydroxylation sites is 1. The predicted molar refractivity (Wildman–Crippen MR) is 100 cm³/mol. The number of anilines is 2. The van der Waals surface area contributed by atoms with E-state index in [9.17, 15) is 4.79 Å². The molecule has 4 heteroatoms. The predicted octanol–water partition coefficient (Wildman–Crippen LogP) is 4.79. The van der Waals surface area contributed by atoms with E-state index in [2.05, 4.69) is 54.6 Å². The number of aromatic nitrogens is 1. The highest BCUT2D eigenvalue weighted by Crippen LogP contribution is 2.30. The van der Waals surface area contributed by atoms with Crippen LogP contribution in [0.4, 0.5) is 11.4 Å². The Labute approximate surface area is 144 Å². The molecule has 0 radical (unpaired) electrons. The summed E-state index contributed by atoms with van der Waals surface area (Å²) >= 11 is 0. The number of rotatable bonds is 6. The summed E-state index contributed by atoms with van der Waals surface area (Å²) in [6.45, 7) is 10.5. The van der Waals surface area contributed by atoms with Crippen molar-refractivity contribution in [3.8, 4) is 0 Å². The van der Waals surface area contributed by atoms with Gasteiger partial charge in [0.2, 0.25) is 0 Å². The van der Waals surface area contributed by atoms with E-state index < -0.39 is 0 Å². The second-order valence-electron chi connectivity index (χ2n) is 6.53. The number of hydrogen-bond donors (Lipinski definition) is 2. The fourth-order valence-electron chi connectivity index (χ4n) is 2.52. The zero-order valence-corrected chi connectivity index (χ0v) is 15.2. The minimum absolute atomic E-state index is 0.137. The van der Waals surface area contributed by atoms with Crippen molar-refractivity contribution < 1.29 is 4.79 Å². The molecular weight excluding hydrogens is 298 g/mol. The van der Waals surface area contributed by atoms with Gasteiger partial charge in [-0.3, -0.25) is 9.78 Å². The zero-order valence-electron chi connectivity index (χ0n) is 15.2. The molecule has 0 aliphatic carbocycles. The van der Waals surface area contributed by atoms with E-state index in [-0.39, 0.29) is 11.9 Å². The second kappa shape index (κ2) is 7.95. The van der Waals surface area contributed by atoms with Crippen molar-refractivity contribution >= 4 is 17.3 Å². The van der Waals surface area contributed by atoms with Crippen LogP contribution in [0.25, 0.3) is 0 Å². The molecular formula is C20H27N3O. The topological polar surface area (TPSA) is 54.0 Å². The molecule has 0 fully saturated rings. The molecule has 0 aliphatic rings. The van der Waals surface area contributed by atoms with Crippen LogP contribution in [0.15, 0.2) is 36.5 Å². The van der Waals surface area contributed by atoms with Gasteiger partial charge in [-0.05, 0) is 49.4 Å². The smallest absolute Gasteiger partial charge is 0.270 e. The molecule has 1 heterocycles. The van der Waals surface area contributed by atoms with Gasteiger partial charge in [0.1, 0.15) is 5.69 Å². The molecule has 1 aromatic carbocycles. The molecule has 128 valence electrons. The van der Waals surface area contributed by atoms with Crippen LogP contribution in [0.2, 0.25) is 0 Å². The van der Waals surface area contributed by atoms with Crippen LogP contribution in [0.5, 0.6) is 0 Å². The standard InChI is InChI=1S/C20H27N3O/c1-6-15(5)22-20(24)18-12-16(10-11-21-18)23-19-14(4)8-7-9-17(19)13(2)3/h7-13,15H,6H2,1-5H3,(H,21,23)(H,22,24). The monoisotopic (exact) mass is 325 g/mol. The van der Waals surface area contributed by atoms with Gasteiger partial charge < -0.3 is 10.6 Å². The Morgan fingerprint density at radius 2 is 1.96 bits per heavy atom. The van der Waals surface area contributed by atoms with E-state index >= 15 is 0 Å². The lowest BCUT2D eigenvalue weighted by Crippen LogP contribution is -2.32. The van der Waals surface area contributed by atoms with Crippen molar-refractivity contribution in [2.24, 2.45) is 0 Å². The van der Waals surface area contributed by atoms with Crippen LogP contribution in [-0.4, -0.2) is 16.9 Å². The number of pyridine rings is 1. The summed E-state index contributed by atoms with van der Waals surface area (Å²) in [4.78, 5) is 16.5. The molecule has 2 rings (SSSR count). The fraction of sp³-hybridized carbons (Fsp3) is 0.400. The number of aryl methyl sites for hydroxylation is 1. The van der Waals surface area contributed by atoms with E-state index in [1.807, 2.05) is 19.9 Å². The van der Waals surface area contributed by atoms with Crippen molar-refractivity contribution in [3.63, 3.8) is 0 Å². The number of benzene rings is 1. The van der Waals surface area contributed by atoms with Gasteiger partial charge in [0.15, 0.2) is 0 Å². The number of nitrogens with zero attached hydrogens (tertiary/aromatic N) is 1. The molecule has 4 nitrogen and oxygen atoms in total. The molecule has 1 unspecified atom stereocenters. The van der Waals surface area contributed by atoms with Gasteiger partial charge in [-0.2, -0.15) is 0 Å². The number of hydrogen-bond acceptors (Lipinski definition) is 3. The van der Waals surface area contributed by atoms with Crippen LogP contribution in [0, 0.1) is 6.92 Å². The van der Waals surface area contributed by atoms with Gasteiger partial charge in [0, 0.05) is 23.6 Å². The number of carbonyl (C=O) groups is 1. The first-order valence-electron chi connectivity index (χ1n) is 8.55. The van der Waals surface area contributed by atoms with E-state index in [4.69, 9.17) is 0 Å². The molecule has 0 aliphatic heterocycles. The van der Waals surface area contributed by atoms with Crippen molar-refractivity contribution in [1.29, 1.82) is 0 Å². The molecule has 2 N–H and O–H groups in total. The minimum atomic E-state index is -0.137. The van der Waals surface area contributed by atoms with Crippen molar-refractivity contribution in [2.45, 2.75) is 53.0 Å². The van der Waals surface area contributed by atoms with E-state index in [1.54, 1.807) is 12.3 Å². The molecule has 1 amide bonds. The maximum atomic E-state index is 12.3. The quantitative estimate of drug-likeness (QED) is 0.803. The van der Waals surface area contributed by atoms with Crippen molar-refractivity contribution in [3.05, 3.63) is 53.3 Å². The van der Waals surface area contributed by atoms with Crippen molar-refractivity contribution in [2.75, 3.05) is 5.32 Å². The van der Waals surface area contributed by atoms with Crippen molar-refractivity contribution in [1.82, 2.24) is 10.3 Å². The molecule has 1 aromatic heterocycles. The van der Waals surface area contributed by atoms with Gasteiger partial charge in [-0.15, -0.1) is 0 Å². The maximum absolute atomic E-state index is 12.3. The van der Waals surface area contributed by atoms with Gasteiger partial charge in [-0.1, -0.05) is 39.0 Å². The molecule has 24 heavy (non-hydrogen) atoms. The maximum Gasteiger partial charge on any atom is 0.270 e. The molecule has 0 saturated heterocycles. The van der Waals surface area contributed by atoms with Gasteiger partial charge >= 0.3 is 0 Å². The highest BCUT2D eigenvalue weighted by Gasteiger charge is 2.13. The normalized spacial score (nSPS) is 12.1. The number of carbonyl (C=O) groups excluding carboxylic acids is 1. The summed E-state index contributed by atoms with van der Waals surface area (Å²) in [6, 6.07) is 10.1. The summed E-state index contributed by atoms with van der Waals surface area (Å²) < 4.78 is 0. The minimum Gasteiger partial charge on any atom is -0.355 e. The largest absolute Gasteiger partial charge is 0.355 e. The lowest BCUT2D eigenvalue weighted by atomic mass is 9.98. The molecule has 0 spiro atoms. The summed E-state index contributed by atoms with van der Waals surface area (Å²) in [5.74, 6) is 0.282. The fourth-order valence-corrected chi connectivity index (χ4v) is 2.52. The van der Waals surface area contributed by atoms with Gasteiger partial charge in [0.05, 0.1) is 0 Å². The molecule has 2 aromatic rings. The zero-order chi connectivity index (χ0) is 17.7. The average Bonchev–Trinajstić information content (AvgIpc) is 2.56. The molecule has 0 saturated carbocycles. The first-order valence-corrected chi connectivity index (χ1v) is 8.55. The molecule has 0 bridgehead atoms. The van der Waals surface area contributed by atoms with E-state index in [0.717, 1.165) is 17.8 Å². The van der Waals surface area contributed by atoms with Crippen LogP contribution < -0.4 is 10.6 Å². The average molecular weight is 325 g/mol. The lowest BCUT2D eigenvalue weighted by Gasteiger charge is -2.18. The van der Waals surface area contributed by atoms with E-state index in [0.29, 0.717) is 11.6 Å². The first-order chi connectivity index (χ1) is 11.4. The highest BCUT2D eigenvalue weighted by molar-refractivity contribution is 5.93. The van der Waals surface area contributed by atoms with E-state index in [1.165, 1.54) is 11.1 Å². The van der Waals surface area contributed by atoms with Crippen LogP contribution in [0.3, 0.4) is 0 Å². The number of nitrogens with one attached hydrogen (secondary N) is 2. The Morgan fingerprint density at radius 1 is 1.21 bits per heavy atom. The van der Waals surface area contributed by atoms with Gasteiger partial charge in [0.25, 0.3) is 5.91 Å². The second-order valence-corrected chi connectivity index (χ2v) is 6.53. The SMILES string of the molecule is CCC(C)NC(=O)c1cc(Nc2c(C)cccc2C(C)C)ccn1. The van der Waals surface area contributed by atoms with Crippen LogP contribution >= 0.6 is 0 Å². The highest BCUT2D eigenvalue weighted by atomic mass is 16.1. The molecule has 1 atom stereocenters. The Kier molecular flexibility index (Phi) is 5.96. The first kappa shape index (κ1) is 18.0. The van der Waals surface area contributed by atoms with Crippen LogP contribution in [-0.2, 0) is 0 Å². The number of amides is 1. The third-order valence-corrected chi connectivity index (χ3v) is 4.18. The Balaban J connectivity index is 2.26. The summed E-state index contributed by atoms with van der Waals surface area (Å²) in [7, 11) is 0. The Hall–Kier alpha value is -2.36. The lowest BCUT2D eigenvalue weighted by molar-refractivity contribution is 0.0934. The Bertz CT molecular complexity index is 710. The van der Waals surface area contributed by atoms with Crippen LogP contribution in [0.1, 0.15) is 61.6 Å². The summed E-state index contributed by atoms with van der Waals surface area (Å²) in [5, 5.41) is 6.41. The third-order valence-electron chi connectivity index (χ3n) is 4.18. The summed E-state index contributed by atoms with van der Waals surface area (Å²) in [6.07, 6.45) is 2.56. The third kappa shape index (κ3) is 4.34. The summed E-state index contributed by atoms with van der Waals surface area (Å²) in [5.41, 5.74) is 4.85. The van der Waals surface area contributed by atoms with Gasteiger partial charge in [-0.25, -0.2) is 0 Å². The Morgan fingerprint density at radius 3 is 2.62 bits per heavy atom.